The zero-order valence-corrected chi connectivity index (χ0v) is 15.0. The number of nitrogens with one attached hydrogen (secondary N) is 1. The predicted octanol–water partition coefficient (Wildman–Crippen LogP) is 1.23. The van der Waals surface area contributed by atoms with Crippen LogP contribution in [0, 0.1) is 6.92 Å². The molecule has 1 aliphatic rings. The zero-order chi connectivity index (χ0) is 18.5. The molecule has 0 bridgehead atoms. The summed E-state index contributed by atoms with van der Waals surface area (Å²) in [5.41, 5.74) is 2.21. The second-order valence-electron chi connectivity index (χ2n) is 6.38. The standard InChI is InChI=1S/C18H22N6O2/c1-12-21-9-15(10-22-12)18(26)24-7-3-14(4-8-24)17-16(11-23-13(2)25)19-5-6-20-17/h5-6,9-10,14H,3-4,7-8,11H2,1-2H3,(H,23,25). The Balaban J connectivity index is 1.64. The molecule has 0 spiro atoms. The van der Waals surface area contributed by atoms with Crippen LogP contribution in [0.1, 0.15) is 53.3 Å². The molecule has 8 heteroatoms. The van der Waals surface area contributed by atoms with Gasteiger partial charge in [-0.05, 0) is 19.8 Å². The Kier molecular flexibility index (Phi) is 5.50. The van der Waals surface area contributed by atoms with Crippen LogP contribution in [-0.2, 0) is 11.3 Å². The minimum absolute atomic E-state index is 0.0407. The predicted molar refractivity (Wildman–Crippen MR) is 94.2 cm³/mol. The molecule has 0 saturated carbocycles. The molecular formula is C18H22N6O2. The molecule has 2 aromatic heterocycles. The number of nitrogens with zero attached hydrogens (tertiary/aromatic N) is 5. The minimum Gasteiger partial charge on any atom is -0.351 e. The molecule has 1 N–H and O–H groups in total. The van der Waals surface area contributed by atoms with Crippen molar-refractivity contribution in [1.29, 1.82) is 0 Å². The lowest BCUT2D eigenvalue weighted by Crippen LogP contribution is -2.38. The number of aromatic nitrogens is 4. The summed E-state index contributed by atoms with van der Waals surface area (Å²) in [6.07, 6.45) is 8.08. The fourth-order valence-corrected chi connectivity index (χ4v) is 3.10. The minimum atomic E-state index is -0.0951. The molecule has 8 nitrogen and oxygen atoms in total. The van der Waals surface area contributed by atoms with Crippen LogP contribution in [0.15, 0.2) is 24.8 Å². The van der Waals surface area contributed by atoms with Gasteiger partial charge < -0.3 is 10.2 Å². The van der Waals surface area contributed by atoms with E-state index in [9.17, 15) is 9.59 Å². The molecule has 26 heavy (non-hydrogen) atoms. The third kappa shape index (κ3) is 4.19. The molecule has 2 amide bonds. The van der Waals surface area contributed by atoms with Crippen LogP contribution in [0.4, 0.5) is 0 Å². The fraction of sp³-hybridized carbons (Fsp3) is 0.444. The average Bonchev–Trinajstić information content (AvgIpc) is 2.67. The summed E-state index contributed by atoms with van der Waals surface area (Å²) >= 11 is 0. The number of amides is 2. The highest BCUT2D eigenvalue weighted by Gasteiger charge is 2.27. The molecular weight excluding hydrogens is 332 g/mol. The Morgan fingerprint density at radius 3 is 2.42 bits per heavy atom. The van der Waals surface area contributed by atoms with Gasteiger partial charge in [-0.15, -0.1) is 0 Å². The van der Waals surface area contributed by atoms with Gasteiger partial charge in [0, 0.05) is 50.7 Å². The van der Waals surface area contributed by atoms with Crippen molar-refractivity contribution < 1.29 is 9.59 Å². The number of carbonyl (C=O) groups is 2. The number of likely N-dealkylation sites (tertiary alicyclic amines) is 1. The normalized spacial score (nSPS) is 14.9. The summed E-state index contributed by atoms with van der Waals surface area (Å²) in [6.45, 7) is 4.94. The molecule has 1 saturated heterocycles. The van der Waals surface area contributed by atoms with Gasteiger partial charge in [0.05, 0.1) is 23.5 Å². The first-order chi connectivity index (χ1) is 12.5. The van der Waals surface area contributed by atoms with Crippen molar-refractivity contribution in [3.8, 4) is 0 Å². The smallest absolute Gasteiger partial charge is 0.256 e. The summed E-state index contributed by atoms with van der Waals surface area (Å²) in [5.74, 6) is 0.740. The van der Waals surface area contributed by atoms with Crippen molar-refractivity contribution in [1.82, 2.24) is 30.2 Å². The van der Waals surface area contributed by atoms with E-state index in [1.54, 1.807) is 31.7 Å². The third-order valence-electron chi connectivity index (χ3n) is 4.51. The number of hydrogen-bond acceptors (Lipinski definition) is 6. The van der Waals surface area contributed by atoms with Crippen LogP contribution in [0.3, 0.4) is 0 Å². The Morgan fingerprint density at radius 2 is 1.77 bits per heavy atom. The van der Waals surface area contributed by atoms with Gasteiger partial charge in [0.15, 0.2) is 0 Å². The van der Waals surface area contributed by atoms with Gasteiger partial charge in [0.2, 0.25) is 5.91 Å². The lowest BCUT2D eigenvalue weighted by Gasteiger charge is -2.32. The van der Waals surface area contributed by atoms with E-state index in [-0.39, 0.29) is 17.7 Å². The van der Waals surface area contributed by atoms with E-state index in [4.69, 9.17) is 0 Å². The van der Waals surface area contributed by atoms with Crippen LogP contribution in [0.5, 0.6) is 0 Å². The molecule has 1 aliphatic heterocycles. The van der Waals surface area contributed by atoms with Gasteiger partial charge in [0.25, 0.3) is 5.91 Å². The van der Waals surface area contributed by atoms with Gasteiger partial charge in [-0.2, -0.15) is 0 Å². The lowest BCUT2D eigenvalue weighted by molar-refractivity contribution is -0.119. The van der Waals surface area contributed by atoms with Crippen molar-refractivity contribution >= 4 is 11.8 Å². The van der Waals surface area contributed by atoms with E-state index in [0.717, 1.165) is 24.2 Å². The highest BCUT2D eigenvalue weighted by atomic mass is 16.2. The largest absolute Gasteiger partial charge is 0.351 e. The van der Waals surface area contributed by atoms with E-state index >= 15 is 0 Å². The first-order valence-electron chi connectivity index (χ1n) is 8.66. The molecule has 0 radical (unpaired) electrons. The van der Waals surface area contributed by atoms with Crippen LogP contribution in [0.25, 0.3) is 0 Å². The molecule has 3 heterocycles. The molecule has 1 fully saturated rings. The molecule has 0 aromatic carbocycles. The highest BCUT2D eigenvalue weighted by Crippen LogP contribution is 2.28. The van der Waals surface area contributed by atoms with Crippen LogP contribution < -0.4 is 5.32 Å². The zero-order valence-electron chi connectivity index (χ0n) is 15.0. The molecule has 2 aromatic rings. The first-order valence-corrected chi connectivity index (χ1v) is 8.66. The van der Waals surface area contributed by atoms with Gasteiger partial charge in [-0.3, -0.25) is 19.6 Å². The van der Waals surface area contributed by atoms with Crippen molar-refractivity contribution in [2.45, 2.75) is 39.2 Å². The highest BCUT2D eigenvalue weighted by molar-refractivity contribution is 5.93. The lowest BCUT2D eigenvalue weighted by atomic mass is 9.91. The summed E-state index contributed by atoms with van der Waals surface area (Å²) in [4.78, 5) is 42.6. The molecule has 3 rings (SSSR count). The van der Waals surface area contributed by atoms with E-state index in [1.165, 1.54) is 6.92 Å². The van der Waals surface area contributed by atoms with Crippen molar-refractivity contribution in [3.63, 3.8) is 0 Å². The Bertz CT molecular complexity index is 785. The van der Waals surface area contributed by atoms with E-state index in [2.05, 4.69) is 25.3 Å². The number of piperidine rings is 1. The second kappa shape index (κ2) is 7.99. The third-order valence-corrected chi connectivity index (χ3v) is 4.51. The summed E-state index contributed by atoms with van der Waals surface area (Å²) < 4.78 is 0. The number of hydrogen-bond donors (Lipinski definition) is 1. The topological polar surface area (TPSA) is 101 Å². The second-order valence-corrected chi connectivity index (χ2v) is 6.38. The number of carbonyl (C=O) groups excluding carboxylic acids is 2. The summed E-state index contributed by atoms with van der Waals surface area (Å²) in [5, 5.41) is 2.77. The first kappa shape index (κ1) is 17.9. The van der Waals surface area contributed by atoms with E-state index < -0.39 is 0 Å². The van der Waals surface area contributed by atoms with Crippen molar-refractivity contribution in [2.24, 2.45) is 0 Å². The Labute approximate surface area is 152 Å². The Hall–Kier alpha value is -2.90. The maximum absolute atomic E-state index is 12.6. The molecule has 0 aliphatic carbocycles. The van der Waals surface area contributed by atoms with Gasteiger partial charge in [-0.1, -0.05) is 0 Å². The summed E-state index contributed by atoms with van der Waals surface area (Å²) in [6, 6.07) is 0. The summed E-state index contributed by atoms with van der Waals surface area (Å²) in [7, 11) is 0. The molecule has 0 unspecified atom stereocenters. The average molecular weight is 354 g/mol. The molecule has 0 atom stereocenters. The number of aryl methyl sites for hydroxylation is 1. The van der Waals surface area contributed by atoms with Crippen LogP contribution in [0.2, 0.25) is 0 Å². The van der Waals surface area contributed by atoms with Crippen LogP contribution in [-0.4, -0.2) is 49.7 Å². The van der Waals surface area contributed by atoms with E-state index in [1.807, 2.05) is 4.90 Å². The van der Waals surface area contributed by atoms with Crippen molar-refractivity contribution in [2.75, 3.05) is 13.1 Å². The SMILES string of the molecule is CC(=O)NCc1nccnc1C1CCN(C(=O)c2cnc(C)nc2)CC1. The maximum Gasteiger partial charge on any atom is 0.256 e. The quantitative estimate of drug-likeness (QED) is 0.886. The number of rotatable bonds is 4. The maximum atomic E-state index is 12.6. The Morgan fingerprint density at radius 1 is 1.12 bits per heavy atom. The van der Waals surface area contributed by atoms with Gasteiger partial charge >= 0.3 is 0 Å². The fourth-order valence-electron chi connectivity index (χ4n) is 3.10. The van der Waals surface area contributed by atoms with E-state index in [0.29, 0.717) is 31.0 Å². The molecule has 136 valence electrons. The van der Waals surface area contributed by atoms with Gasteiger partial charge in [-0.25, -0.2) is 9.97 Å². The van der Waals surface area contributed by atoms with Crippen molar-refractivity contribution in [3.05, 3.63) is 47.6 Å². The monoisotopic (exact) mass is 354 g/mol. The van der Waals surface area contributed by atoms with Gasteiger partial charge in [0.1, 0.15) is 5.82 Å². The van der Waals surface area contributed by atoms with Crippen LogP contribution >= 0.6 is 0 Å².